The highest BCUT2D eigenvalue weighted by Gasteiger charge is 2.18. The Bertz CT molecular complexity index is 540. The monoisotopic (exact) mass is 302 g/mol. The van der Waals surface area contributed by atoms with Crippen LogP contribution in [0.5, 0.6) is 0 Å². The standard InChI is InChI=1S/C17H22N2O3/c1-13(2)19-15(17(21)22)12-18-16(20)11-10-14-8-6-4-3-5-7-9-14/h3-11,13,15,19H,12H2,1-2H3,(H,18,20)(H,21,22)/b4-3+,5-3?,6-4?,7-5-,8-6-,9-7?,11-10+,14-8?,14-9-. The van der Waals surface area contributed by atoms with Crippen molar-refractivity contribution in [1.29, 1.82) is 0 Å². The van der Waals surface area contributed by atoms with E-state index in [0.29, 0.717) is 0 Å². The van der Waals surface area contributed by atoms with E-state index in [-0.39, 0.29) is 18.5 Å². The summed E-state index contributed by atoms with van der Waals surface area (Å²) in [7, 11) is 0. The van der Waals surface area contributed by atoms with Gasteiger partial charge in [-0.1, -0.05) is 56.4 Å². The molecular weight excluding hydrogens is 280 g/mol. The first-order valence-corrected chi connectivity index (χ1v) is 7.15. The lowest BCUT2D eigenvalue weighted by molar-refractivity contribution is -0.139. The summed E-state index contributed by atoms with van der Waals surface area (Å²) in [5.74, 6) is -1.31. The summed E-state index contributed by atoms with van der Waals surface area (Å²) in [6, 6.07) is -0.774. The number of carboxylic acid groups (broad SMARTS) is 1. The molecule has 1 amide bonds. The Morgan fingerprint density at radius 2 is 1.86 bits per heavy atom. The molecule has 0 aromatic rings. The lowest BCUT2D eigenvalue weighted by atomic mass is 10.1. The SMILES string of the molecule is CC(C)NC(CNC(=O)/C=C/C1=C\C=C/C=C/C=C\1)C(=O)O. The molecule has 1 atom stereocenters. The number of carboxylic acids is 1. The fourth-order valence-corrected chi connectivity index (χ4v) is 1.75. The zero-order chi connectivity index (χ0) is 16.4. The molecule has 22 heavy (non-hydrogen) atoms. The second kappa shape index (κ2) is 9.52. The summed E-state index contributed by atoms with van der Waals surface area (Å²) in [5, 5.41) is 14.5. The van der Waals surface area contributed by atoms with Crippen LogP contribution in [0.2, 0.25) is 0 Å². The maximum absolute atomic E-state index is 11.8. The van der Waals surface area contributed by atoms with E-state index in [1.165, 1.54) is 6.08 Å². The normalized spacial score (nSPS) is 22.2. The topological polar surface area (TPSA) is 78.4 Å². The van der Waals surface area contributed by atoms with E-state index < -0.39 is 12.0 Å². The highest BCUT2D eigenvalue weighted by Crippen LogP contribution is 2.03. The van der Waals surface area contributed by atoms with Crippen LogP contribution in [0.1, 0.15) is 13.8 Å². The zero-order valence-corrected chi connectivity index (χ0v) is 12.8. The minimum Gasteiger partial charge on any atom is -0.480 e. The van der Waals surface area contributed by atoms with Crippen molar-refractivity contribution in [2.24, 2.45) is 0 Å². The number of hydrogen-bond acceptors (Lipinski definition) is 3. The molecule has 0 fully saturated rings. The van der Waals surface area contributed by atoms with Gasteiger partial charge in [0.15, 0.2) is 0 Å². The highest BCUT2D eigenvalue weighted by atomic mass is 16.4. The Morgan fingerprint density at radius 3 is 2.55 bits per heavy atom. The van der Waals surface area contributed by atoms with Crippen LogP contribution < -0.4 is 10.6 Å². The van der Waals surface area contributed by atoms with Gasteiger partial charge in [0.2, 0.25) is 5.91 Å². The molecule has 118 valence electrons. The summed E-state index contributed by atoms with van der Waals surface area (Å²) >= 11 is 0. The van der Waals surface area contributed by atoms with E-state index in [9.17, 15) is 9.59 Å². The number of carbonyl (C=O) groups is 2. The molecule has 5 nitrogen and oxygen atoms in total. The van der Waals surface area contributed by atoms with E-state index >= 15 is 0 Å². The van der Waals surface area contributed by atoms with Crippen molar-refractivity contribution in [3.05, 3.63) is 60.3 Å². The molecule has 1 aliphatic carbocycles. The minimum absolute atomic E-state index is 0.0265. The predicted molar refractivity (Wildman–Crippen MR) is 87.3 cm³/mol. The fourth-order valence-electron chi connectivity index (χ4n) is 1.75. The maximum Gasteiger partial charge on any atom is 0.322 e. The summed E-state index contributed by atoms with van der Waals surface area (Å²) in [6.45, 7) is 3.74. The van der Waals surface area contributed by atoms with Gasteiger partial charge in [0, 0.05) is 18.7 Å². The first-order chi connectivity index (χ1) is 10.5. The van der Waals surface area contributed by atoms with E-state index in [1.807, 2.05) is 56.4 Å². The van der Waals surface area contributed by atoms with Gasteiger partial charge in [0.05, 0.1) is 0 Å². The van der Waals surface area contributed by atoms with Crippen LogP contribution in [-0.2, 0) is 9.59 Å². The van der Waals surface area contributed by atoms with Gasteiger partial charge < -0.3 is 15.7 Å². The van der Waals surface area contributed by atoms with Gasteiger partial charge in [-0.15, -0.1) is 0 Å². The fraction of sp³-hybridized carbons (Fsp3) is 0.294. The maximum atomic E-state index is 11.8. The number of hydrogen-bond donors (Lipinski definition) is 3. The minimum atomic E-state index is -0.986. The summed E-state index contributed by atoms with van der Waals surface area (Å²) < 4.78 is 0. The average molecular weight is 302 g/mol. The van der Waals surface area contributed by atoms with Crippen molar-refractivity contribution in [3.63, 3.8) is 0 Å². The van der Waals surface area contributed by atoms with Crippen LogP contribution in [0.15, 0.2) is 60.3 Å². The second-order valence-corrected chi connectivity index (χ2v) is 5.09. The molecule has 0 aromatic carbocycles. The Kier molecular flexibility index (Phi) is 7.64. The van der Waals surface area contributed by atoms with Crippen molar-refractivity contribution >= 4 is 11.9 Å². The van der Waals surface area contributed by atoms with E-state index in [0.717, 1.165) is 5.57 Å². The van der Waals surface area contributed by atoms with Crippen molar-refractivity contribution in [2.75, 3.05) is 6.54 Å². The van der Waals surface area contributed by atoms with Crippen molar-refractivity contribution in [2.45, 2.75) is 25.9 Å². The molecule has 1 aliphatic rings. The van der Waals surface area contributed by atoms with Crippen LogP contribution in [0.25, 0.3) is 0 Å². The van der Waals surface area contributed by atoms with Crippen LogP contribution in [-0.4, -0.2) is 35.6 Å². The molecule has 0 bridgehead atoms. The van der Waals surface area contributed by atoms with E-state index in [2.05, 4.69) is 10.6 Å². The molecule has 0 saturated heterocycles. The molecule has 3 N–H and O–H groups in total. The molecular formula is C17H22N2O3. The van der Waals surface area contributed by atoms with E-state index in [1.54, 1.807) is 6.08 Å². The van der Waals surface area contributed by atoms with Gasteiger partial charge in [0.25, 0.3) is 0 Å². The molecule has 1 unspecified atom stereocenters. The summed E-state index contributed by atoms with van der Waals surface area (Å²) in [4.78, 5) is 22.8. The van der Waals surface area contributed by atoms with Crippen LogP contribution in [0.3, 0.4) is 0 Å². The Labute approximate surface area is 130 Å². The number of nitrogens with one attached hydrogen (secondary N) is 2. The predicted octanol–water partition coefficient (Wildman–Crippen LogP) is 1.72. The molecule has 0 aliphatic heterocycles. The summed E-state index contributed by atoms with van der Waals surface area (Å²) in [5.41, 5.74) is 0.880. The van der Waals surface area contributed by atoms with Crippen LogP contribution in [0.4, 0.5) is 0 Å². The molecule has 1 rings (SSSR count). The van der Waals surface area contributed by atoms with Gasteiger partial charge in [-0.3, -0.25) is 9.59 Å². The lowest BCUT2D eigenvalue weighted by Gasteiger charge is -2.17. The van der Waals surface area contributed by atoms with Crippen molar-refractivity contribution in [3.8, 4) is 0 Å². The second-order valence-electron chi connectivity index (χ2n) is 5.09. The molecule has 0 spiro atoms. The van der Waals surface area contributed by atoms with Gasteiger partial charge in [-0.25, -0.2) is 0 Å². The Balaban J connectivity index is 2.51. The zero-order valence-electron chi connectivity index (χ0n) is 12.8. The number of carbonyl (C=O) groups excluding carboxylic acids is 1. The van der Waals surface area contributed by atoms with Gasteiger partial charge >= 0.3 is 5.97 Å². The molecule has 0 heterocycles. The van der Waals surface area contributed by atoms with Gasteiger partial charge in [-0.05, 0) is 11.6 Å². The third-order valence-corrected chi connectivity index (χ3v) is 2.76. The lowest BCUT2D eigenvalue weighted by Crippen LogP contribution is -2.48. The molecule has 0 saturated carbocycles. The van der Waals surface area contributed by atoms with E-state index in [4.69, 9.17) is 5.11 Å². The number of amides is 1. The Morgan fingerprint density at radius 1 is 1.18 bits per heavy atom. The van der Waals surface area contributed by atoms with Crippen LogP contribution in [0, 0.1) is 0 Å². The number of rotatable bonds is 7. The van der Waals surface area contributed by atoms with Crippen molar-refractivity contribution in [1.82, 2.24) is 10.6 Å². The first-order valence-electron chi connectivity index (χ1n) is 7.15. The largest absolute Gasteiger partial charge is 0.480 e. The summed E-state index contributed by atoms with van der Waals surface area (Å²) in [6.07, 6.45) is 16.3. The van der Waals surface area contributed by atoms with Crippen LogP contribution >= 0.6 is 0 Å². The third-order valence-electron chi connectivity index (χ3n) is 2.76. The van der Waals surface area contributed by atoms with Gasteiger partial charge in [0.1, 0.15) is 6.04 Å². The Hall–Kier alpha value is -2.40. The number of allylic oxidation sites excluding steroid dienone is 9. The van der Waals surface area contributed by atoms with Crippen molar-refractivity contribution < 1.29 is 14.7 Å². The highest BCUT2D eigenvalue weighted by molar-refractivity contribution is 5.88. The molecule has 0 aromatic heterocycles. The smallest absolute Gasteiger partial charge is 0.322 e. The number of aliphatic carboxylic acids is 1. The first kappa shape index (κ1) is 17.7. The third kappa shape index (κ3) is 7.40. The van der Waals surface area contributed by atoms with Gasteiger partial charge in [-0.2, -0.15) is 0 Å². The molecule has 0 radical (unpaired) electrons. The average Bonchev–Trinajstić information content (AvgIpc) is 2.41. The quantitative estimate of drug-likeness (QED) is 0.626. The molecule has 5 heteroatoms.